The molecule has 0 radical (unpaired) electrons. The summed E-state index contributed by atoms with van der Waals surface area (Å²) in [6.45, 7) is 3.21. The van der Waals surface area contributed by atoms with Crippen LogP contribution in [0.3, 0.4) is 0 Å². The van der Waals surface area contributed by atoms with E-state index in [9.17, 15) is 10.2 Å². The molecule has 3 nitrogen and oxygen atoms in total. The first-order valence-electron chi connectivity index (χ1n) is 11.7. The Morgan fingerprint density at radius 2 is 1.39 bits per heavy atom. The van der Waals surface area contributed by atoms with E-state index in [-0.39, 0.29) is 11.5 Å². The van der Waals surface area contributed by atoms with Gasteiger partial charge in [-0.2, -0.15) is 0 Å². The number of phenolic OH excluding ortho intramolecular Hbond substituents is 2. The van der Waals surface area contributed by atoms with E-state index in [1.54, 1.807) is 12.1 Å². The van der Waals surface area contributed by atoms with E-state index in [1.165, 1.54) is 67.3 Å². The second-order valence-corrected chi connectivity index (χ2v) is 8.55. The molecule has 3 heteroatoms. The van der Waals surface area contributed by atoms with Gasteiger partial charge in [0.25, 0.3) is 0 Å². The highest BCUT2D eigenvalue weighted by Crippen LogP contribution is 2.40. The van der Waals surface area contributed by atoms with E-state index in [0.717, 1.165) is 24.0 Å². The third kappa shape index (κ3) is 4.56. The third-order valence-electron chi connectivity index (χ3n) is 6.30. The van der Waals surface area contributed by atoms with Gasteiger partial charge in [-0.05, 0) is 30.7 Å². The maximum Gasteiger partial charge on any atom is 0.123 e. The van der Waals surface area contributed by atoms with Crippen molar-refractivity contribution >= 4 is 21.8 Å². The molecule has 0 aliphatic carbocycles. The van der Waals surface area contributed by atoms with Gasteiger partial charge in [0.2, 0.25) is 0 Å². The number of benzene rings is 3. The Labute approximate surface area is 185 Å². The van der Waals surface area contributed by atoms with Crippen molar-refractivity contribution < 1.29 is 10.2 Å². The second-order valence-electron chi connectivity index (χ2n) is 8.55. The quantitative estimate of drug-likeness (QED) is 0.203. The molecule has 0 unspecified atom stereocenters. The Morgan fingerprint density at radius 3 is 2.19 bits per heavy atom. The molecule has 31 heavy (non-hydrogen) atoms. The molecule has 0 saturated carbocycles. The van der Waals surface area contributed by atoms with E-state index in [0.29, 0.717) is 5.56 Å². The molecule has 0 spiro atoms. The lowest BCUT2D eigenvalue weighted by Crippen LogP contribution is -1.99. The maximum atomic E-state index is 10.5. The molecular weight excluding hydrogens is 382 g/mol. The van der Waals surface area contributed by atoms with Gasteiger partial charge in [-0.25, -0.2) is 0 Å². The van der Waals surface area contributed by atoms with Gasteiger partial charge in [-0.15, -0.1) is 0 Å². The molecule has 3 aromatic carbocycles. The van der Waals surface area contributed by atoms with Crippen LogP contribution < -0.4 is 0 Å². The van der Waals surface area contributed by atoms with Crippen LogP contribution in [0.4, 0.5) is 0 Å². The number of unbranched alkanes of at least 4 members (excludes halogenated alkanes) is 7. The summed E-state index contributed by atoms with van der Waals surface area (Å²) in [7, 11) is 0. The highest BCUT2D eigenvalue weighted by Gasteiger charge is 2.16. The molecule has 162 valence electrons. The van der Waals surface area contributed by atoms with Gasteiger partial charge in [0.15, 0.2) is 0 Å². The van der Waals surface area contributed by atoms with Crippen LogP contribution in [0.5, 0.6) is 11.5 Å². The van der Waals surface area contributed by atoms with Gasteiger partial charge in [0.05, 0.1) is 5.52 Å². The third-order valence-corrected chi connectivity index (χ3v) is 6.30. The summed E-state index contributed by atoms with van der Waals surface area (Å²) in [4.78, 5) is 0. The Balaban J connectivity index is 1.66. The zero-order chi connectivity index (χ0) is 21.6. The predicted molar refractivity (Wildman–Crippen MR) is 131 cm³/mol. The smallest absolute Gasteiger partial charge is 0.123 e. The van der Waals surface area contributed by atoms with Gasteiger partial charge in [-0.1, -0.05) is 88.3 Å². The Hall–Kier alpha value is -2.94. The highest BCUT2D eigenvalue weighted by molar-refractivity contribution is 6.13. The second kappa shape index (κ2) is 9.91. The molecule has 0 aliphatic rings. The molecule has 1 heterocycles. The lowest BCUT2D eigenvalue weighted by molar-refractivity contribution is 0.462. The van der Waals surface area contributed by atoms with Crippen LogP contribution in [0.15, 0.2) is 60.7 Å². The number of hydrogen-bond acceptors (Lipinski definition) is 2. The summed E-state index contributed by atoms with van der Waals surface area (Å²) in [6.07, 6.45) is 10.4. The minimum Gasteiger partial charge on any atom is -0.508 e. The molecule has 0 saturated heterocycles. The van der Waals surface area contributed by atoms with E-state index < -0.39 is 0 Å². The number of phenols is 2. The summed E-state index contributed by atoms with van der Waals surface area (Å²) in [5, 5.41) is 23.0. The fourth-order valence-electron chi connectivity index (χ4n) is 4.70. The van der Waals surface area contributed by atoms with E-state index in [2.05, 4.69) is 41.8 Å². The van der Waals surface area contributed by atoms with Crippen molar-refractivity contribution in [1.29, 1.82) is 0 Å². The van der Waals surface area contributed by atoms with Crippen LogP contribution in [-0.2, 0) is 6.54 Å². The summed E-state index contributed by atoms with van der Waals surface area (Å²) >= 11 is 0. The summed E-state index contributed by atoms with van der Waals surface area (Å²) in [5.41, 5.74) is 3.99. The maximum absolute atomic E-state index is 10.5. The summed E-state index contributed by atoms with van der Waals surface area (Å²) < 4.78 is 2.40. The van der Waals surface area contributed by atoms with E-state index in [4.69, 9.17) is 0 Å². The van der Waals surface area contributed by atoms with Gasteiger partial charge in [-0.3, -0.25) is 0 Å². The highest BCUT2D eigenvalue weighted by atomic mass is 16.3. The lowest BCUT2D eigenvalue weighted by atomic mass is 10.0. The standard InChI is InChI=1S/C28H33NO2/c1-2-3-4-5-6-7-8-11-19-29-26-16-10-9-13-22(26)23-14-12-15-24(28(23)29)25-20-21(30)17-18-27(25)31/h9-10,12-18,20,30-31H,2-8,11,19H2,1H3. The fraction of sp³-hybridized carbons (Fsp3) is 0.357. The van der Waals surface area contributed by atoms with Gasteiger partial charge in [0.1, 0.15) is 11.5 Å². The molecule has 4 rings (SSSR count). The molecule has 4 aromatic rings. The fourth-order valence-corrected chi connectivity index (χ4v) is 4.70. The largest absolute Gasteiger partial charge is 0.508 e. The van der Waals surface area contributed by atoms with Crippen LogP contribution in [-0.4, -0.2) is 14.8 Å². The SMILES string of the molecule is CCCCCCCCCCn1c2ccccc2c2cccc(-c3cc(O)ccc3O)c21. The molecule has 0 fully saturated rings. The van der Waals surface area contributed by atoms with Crippen molar-refractivity contribution in [3.05, 3.63) is 60.7 Å². The van der Waals surface area contributed by atoms with Gasteiger partial charge in [0, 0.05) is 34.0 Å². The minimum atomic E-state index is 0.163. The predicted octanol–water partition coefficient (Wildman–Crippen LogP) is 8.01. The van der Waals surface area contributed by atoms with Crippen molar-refractivity contribution in [1.82, 2.24) is 4.57 Å². The first-order chi connectivity index (χ1) is 15.2. The van der Waals surface area contributed by atoms with Crippen molar-refractivity contribution in [2.45, 2.75) is 64.8 Å². The number of aromatic nitrogens is 1. The van der Waals surface area contributed by atoms with Crippen molar-refractivity contribution in [2.75, 3.05) is 0 Å². The zero-order valence-electron chi connectivity index (χ0n) is 18.5. The first kappa shape index (κ1) is 21.3. The van der Waals surface area contributed by atoms with Crippen molar-refractivity contribution in [3.8, 4) is 22.6 Å². The minimum absolute atomic E-state index is 0.163. The number of hydrogen-bond donors (Lipinski definition) is 2. The summed E-state index contributed by atoms with van der Waals surface area (Å²) in [5.74, 6) is 0.352. The molecule has 0 amide bonds. The Morgan fingerprint density at radius 1 is 0.677 bits per heavy atom. The van der Waals surface area contributed by atoms with Crippen LogP contribution >= 0.6 is 0 Å². The summed E-state index contributed by atoms with van der Waals surface area (Å²) in [6, 6.07) is 19.5. The average molecular weight is 416 g/mol. The van der Waals surface area contributed by atoms with Crippen molar-refractivity contribution in [2.24, 2.45) is 0 Å². The molecular formula is C28H33NO2. The van der Waals surface area contributed by atoms with Crippen LogP contribution in [0.1, 0.15) is 58.3 Å². The molecule has 0 atom stereocenters. The molecule has 0 bridgehead atoms. The van der Waals surface area contributed by atoms with Gasteiger partial charge >= 0.3 is 0 Å². The van der Waals surface area contributed by atoms with Crippen LogP contribution in [0, 0.1) is 0 Å². The molecule has 0 aliphatic heterocycles. The van der Waals surface area contributed by atoms with Crippen LogP contribution in [0.25, 0.3) is 32.9 Å². The molecule has 2 N–H and O–H groups in total. The zero-order valence-corrected chi connectivity index (χ0v) is 18.5. The monoisotopic (exact) mass is 415 g/mol. The van der Waals surface area contributed by atoms with Crippen LogP contribution in [0.2, 0.25) is 0 Å². The number of rotatable bonds is 10. The molecule has 1 aromatic heterocycles. The Bertz CT molecular complexity index is 1160. The van der Waals surface area contributed by atoms with Gasteiger partial charge < -0.3 is 14.8 Å². The normalized spacial score (nSPS) is 11.5. The lowest BCUT2D eigenvalue weighted by Gasteiger charge is -2.13. The topological polar surface area (TPSA) is 45.4 Å². The number of aryl methyl sites for hydroxylation is 1. The number of para-hydroxylation sites is 2. The average Bonchev–Trinajstić information content (AvgIpc) is 3.11. The number of nitrogens with zero attached hydrogens (tertiary/aromatic N) is 1. The van der Waals surface area contributed by atoms with Crippen molar-refractivity contribution in [3.63, 3.8) is 0 Å². The number of fused-ring (bicyclic) bond motifs is 3. The number of aromatic hydroxyl groups is 2. The first-order valence-corrected chi connectivity index (χ1v) is 11.7. The van der Waals surface area contributed by atoms with E-state index in [1.807, 2.05) is 12.1 Å². The Kier molecular flexibility index (Phi) is 6.81. The van der Waals surface area contributed by atoms with E-state index >= 15 is 0 Å².